The Morgan fingerprint density at radius 3 is 2.92 bits per heavy atom. The molecule has 2 aromatic rings. The molecule has 0 spiro atoms. The zero-order valence-electron chi connectivity index (χ0n) is 6.53. The van der Waals surface area contributed by atoms with Gasteiger partial charge in [0.25, 0.3) is 0 Å². The fraction of sp³-hybridized carbons (Fsp3) is 0. The van der Waals surface area contributed by atoms with Gasteiger partial charge in [0.15, 0.2) is 11.5 Å². The topological polar surface area (TPSA) is 76.7 Å². The molecule has 0 radical (unpaired) electrons. The Hall–Kier alpha value is -1.46. The largest absolute Gasteiger partial charge is 0.307 e. The summed E-state index contributed by atoms with van der Waals surface area (Å²) in [5.74, 6) is 5.67. The number of hydrogen-bond acceptors (Lipinski definition) is 5. The predicted octanol–water partition coefficient (Wildman–Crippen LogP) is 0.964. The van der Waals surface area contributed by atoms with Gasteiger partial charge in [-0.25, -0.2) is 20.8 Å². The molecule has 0 aromatic carbocycles. The molecule has 0 aliphatic carbocycles. The van der Waals surface area contributed by atoms with Crippen molar-refractivity contribution in [2.75, 3.05) is 5.43 Å². The van der Waals surface area contributed by atoms with Crippen molar-refractivity contribution >= 4 is 28.6 Å². The van der Waals surface area contributed by atoms with Crippen molar-refractivity contribution in [3.63, 3.8) is 0 Å². The minimum atomic E-state index is 0.398. The van der Waals surface area contributed by atoms with E-state index in [1.807, 2.05) is 0 Å². The third kappa shape index (κ3) is 1.51. The van der Waals surface area contributed by atoms with Gasteiger partial charge in [0.2, 0.25) is 0 Å². The molecule has 0 bridgehead atoms. The number of nitrogens with two attached hydrogens (primary N) is 1. The van der Waals surface area contributed by atoms with E-state index < -0.39 is 0 Å². The summed E-state index contributed by atoms with van der Waals surface area (Å²) >= 11 is 5.67. The van der Waals surface area contributed by atoms with Gasteiger partial charge < -0.3 is 5.43 Å². The predicted molar refractivity (Wildman–Crippen MR) is 50.2 cm³/mol. The molecule has 13 heavy (non-hydrogen) atoms. The van der Waals surface area contributed by atoms with Crippen molar-refractivity contribution in [2.24, 2.45) is 5.84 Å². The van der Waals surface area contributed by atoms with Crippen LogP contribution in [0.2, 0.25) is 5.15 Å². The van der Waals surface area contributed by atoms with Gasteiger partial charge in [-0.05, 0) is 12.1 Å². The first-order valence-corrected chi connectivity index (χ1v) is 3.93. The average Bonchev–Trinajstić information content (AvgIpc) is 2.17. The lowest BCUT2D eigenvalue weighted by molar-refractivity contribution is 1.18. The normalized spacial score (nSPS) is 10.3. The number of hydrogen-bond donors (Lipinski definition) is 2. The molecule has 2 rings (SSSR count). The van der Waals surface area contributed by atoms with Crippen molar-refractivity contribution in [2.45, 2.75) is 0 Å². The monoisotopic (exact) mass is 195 g/mol. The Morgan fingerprint density at radius 1 is 1.31 bits per heavy atom. The fourth-order valence-corrected chi connectivity index (χ4v) is 1.09. The fourth-order valence-electron chi connectivity index (χ4n) is 0.951. The SMILES string of the molecule is NNc1cnc2nc(Cl)ccc2n1. The van der Waals surface area contributed by atoms with Crippen LogP contribution < -0.4 is 11.3 Å². The summed E-state index contributed by atoms with van der Waals surface area (Å²) in [5.41, 5.74) is 3.56. The molecule has 6 heteroatoms. The summed E-state index contributed by atoms with van der Waals surface area (Å²) in [6, 6.07) is 3.39. The van der Waals surface area contributed by atoms with Gasteiger partial charge in [-0.15, -0.1) is 0 Å². The van der Waals surface area contributed by atoms with Gasteiger partial charge in [-0.1, -0.05) is 11.6 Å². The van der Waals surface area contributed by atoms with Gasteiger partial charge in [-0.2, -0.15) is 0 Å². The zero-order valence-corrected chi connectivity index (χ0v) is 7.28. The molecule has 0 aliphatic rings. The molecule has 0 unspecified atom stereocenters. The standard InChI is InChI=1S/C7H6ClN5/c8-5-2-1-4-7(12-5)10-3-6(11-4)13-9/h1-3H,9H2,(H,11,13). The van der Waals surface area contributed by atoms with Gasteiger partial charge in [0.1, 0.15) is 10.7 Å². The first-order valence-electron chi connectivity index (χ1n) is 3.55. The van der Waals surface area contributed by atoms with Crippen molar-refractivity contribution < 1.29 is 0 Å². The Kier molecular flexibility index (Phi) is 1.96. The molecule has 0 fully saturated rings. The maximum absolute atomic E-state index is 5.67. The van der Waals surface area contributed by atoms with Crippen LogP contribution in [0.5, 0.6) is 0 Å². The first-order chi connectivity index (χ1) is 6.29. The molecule has 3 N–H and O–H groups in total. The number of aromatic nitrogens is 3. The Balaban J connectivity index is 2.66. The molecule has 0 amide bonds. The van der Waals surface area contributed by atoms with E-state index in [2.05, 4.69) is 20.4 Å². The van der Waals surface area contributed by atoms with E-state index in [1.54, 1.807) is 12.1 Å². The van der Waals surface area contributed by atoms with E-state index in [0.717, 1.165) is 0 Å². The van der Waals surface area contributed by atoms with Crippen LogP contribution in [0.4, 0.5) is 5.82 Å². The summed E-state index contributed by atoms with van der Waals surface area (Å²) in [6.07, 6.45) is 1.49. The van der Waals surface area contributed by atoms with E-state index in [4.69, 9.17) is 17.4 Å². The lowest BCUT2D eigenvalue weighted by atomic mass is 10.4. The zero-order chi connectivity index (χ0) is 9.26. The second kappa shape index (κ2) is 3.12. The van der Waals surface area contributed by atoms with Crippen LogP contribution >= 0.6 is 11.6 Å². The maximum atomic E-state index is 5.67. The van der Waals surface area contributed by atoms with E-state index in [0.29, 0.717) is 22.1 Å². The molecule has 5 nitrogen and oxygen atoms in total. The van der Waals surface area contributed by atoms with Gasteiger partial charge >= 0.3 is 0 Å². The molecule has 0 saturated heterocycles. The van der Waals surface area contributed by atoms with Crippen LogP contribution in [0.3, 0.4) is 0 Å². The average molecular weight is 196 g/mol. The number of rotatable bonds is 1. The summed E-state index contributed by atoms with van der Waals surface area (Å²) < 4.78 is 0. The summed E-state index contributed by atoms with van der Waals surface area (Å²) in [4.78, 5) is 12.1. The highest BCUT2D eigenvalue weighted by molar-refractivity contribution is 6.29. The minimum absolute atomic E-state index is 0.398. The number of pyridine rings is 1. The van der Waals surface area contributed by atoms with E-state index >= 15 is 0 Å². The molecule has 2 aromatic heterocycles. The van der Waals surface area contributed by atoms with Crippen molar-refractivity contribution in [3.05, 3.63) is 23.5 Å². The molecular formula is C7H6ClN5. The third-order valence-electron chi connectivity index (χ3n) is 1.52. The van der Waals surface area contributed by atoms with Crippen LogP contribution in [0.25, 0.3) is 11.2 Å². The highest BCUT2D eigenvalue weighted by Crippen LogP contribution is 2.12. The van der Waals surface area contributed by atoms with Gasteiger partial charge in [0.05, 0.1) is 6.20 Å². The summed E-state index contributed by atoms with van der Waals surface area (Å²) in [6.45, 7) is 0. The Bertz CT molecular complexity index is 444. The van der Waals surface area contributed by atoms with Crippen LogP contribution in [-0.2, 0) is 0 Å². The highest BCUT2D eigenvalue weighted by atomic mass is 35.5. The molecule has 0 saturated carbocycles. The number of anilines is 1. The van der Waals surface area contributed by atoms with Crippen molar-refractivity contribution in [3.8, 4) is 0 Å². The van der Waals surface area contributed by atoms with Crippen LogP contribution in [0.15, 0.2) is 18.3 Å². The first kappa shape index (κ1) is 8.15. The molecular weight excluding hydrogens is 190 g/mol. The quantitative estimate of drug-likeness (QED) is 0.403. The lowest BCUT2D eigenvalue weighted by Crippen LogP contribution is -2.08. The van der Waals surface area contributed by atoms with E-state index in [9.17, 15) is 0 Å². The Morgan fingerprint density at radius 2 is 2.15 bits per heavy atom. The Labute approximate surface area is 78.9 Å². The second-order valence-electron chi connectivity index (χ2n) is 2.38. The van der Waals surface area contributed by atoms with Gasteiger partial charge in [0, 0.05) is 0 Å². The number of fused-ring (bicyclic) bond motifs is 1. The molecule has 66 valence electrons. The number of nitrogens with zero attached hydrogens (tertiary/aromatic N) is 3. The highest BCUT2D eigenvalue weighted by Gasteiger charge is 1.99. The smallest absolute Gasteiger partial charge is 0.179 e. The number of halogens is 1. The van der Waals surface area contributed by atoms with Gasteiger partial charge in [-0.3, -0.25) is 0 Å². The summed E-state index contributed by atoms with van der Waals surface area (Å²) in [7, 11) is 0. The number of nitrogens with one attached hydrogen (secondary N) is 1. The number of hydrazine groups is 1. The van der Waals surface area contributed by atoms with E-state index in [-0.39, 0.29) is 0 Å². The van der Waals surface area contributed by atoms with E-state index in [1.165, 1.54) is 6.20 Å². The van der Waals surface area contributed by atoms with Crippen molar-refractivity contribution in [1.29, 1.82) is 0 Å². The maximum Gasteiger partial charge on any atom is 0.179 e. The third-order valence-corrected chi connectivity index (χ3v) is 1.73. The minimum Gasteiger partial charge on any atom is -0.307 e. The second-order valence-corrected chi connectivity index (χ2v) is 2.76. The lowest BCUT2D eigenvalue weighted by Gasteiger charge is -1.99. The molecule has 0 atom stereocenters. The van der Waals surface area contributed by atoms with Crippen LogP contribution in [0, 0.1) is 0 Å². The van der Waals surface area contributed by atoms with Crippen LogP contribution in [-0.4, -0.2) is 15.0 Å². The van der Waals surface area contributed by atoms with Crippen LogP contribution in [0.1, 0.15) is 0 Å². The van der Waals surface area contributed by atoms with Crippen molar-refractivity contribution in [1.82, 2.24) is 15.0 Å². The summed E-state index contributed by atoms with van der Waals surface area (Å²) in [5, 5.41) is 0.398. The molecule has 2 heterocycles. The molecule has 0 aliphatic heterocycles. The number of nitrogen functional groups attached to an aromatic ring is 1.